The van der Waals surface area contributed by atoms with Crippen LogP contribution in [0.25, 0.3) is 21.9 Å². The summed E-state index contributed by atoms with van der Waals surface area (Å²) in [6.45, 7) is 2.21. The van der Waals surface area contributed by atoms with Crippen molar-refractivity contribution in [1.82, 2.24) is 28.3 Å². The normalized spacial score (nSPS) is 11.0. The highest BCUT2D eigenvalue weighted by Gasteiger charge is 2.19. The minimum Gasteiger partial charge on any atom is -0.465 e. The second kappa shape index (κ2) is 13.0. The molecule has 2 aromatic carbocycles. The zero-order chi connectivity index (χ0) is 33.9. The number of carbonyl (C=O) groups is 3. The van der Waals surface area contributed by atoms with Crippen LogP contribution in [-0.2, 0) is 11.3 Å². The molecule has 0 unspecified atom stereocenters. The van der Waals surface area contributed by atoms with Crippen LogP contribution in [0.1, 0.15) is 56.1 Å². The van der Waals surface area contributed by atoms with E-state index in [-0.39, 0.29) is 34.5 Å². The topological polar surface area (TPSA) is 176 Å². The van der Waals surface area contributed by atoms with Gasteiger partial charge in [0.05, 0.1) is 47.0 Å². The summed E-state index contributed by atoms with van der Waals surface area (Å²) in [6, 6.07) is 20.3. The fourth-order valence-electron chi connectivity index (χ4n) is 5.28. The zero-order valence-corrected chi connectivity index (χ0v) is 25.9. The van der Waals surface area contributed by atoms with Crippen molar-refractivity contribution in [2.24, 2.45) is 0 Å². The van der Waals surface area contributed by atoms with E-state index in [1.165, 1.54) is 25.3 Å². The Bertz CT molecular complexity index is 2490. The Kier molecular flexibility index (Phi) is 8.49. The van der Waals surface area contributed by atoms with Crippen molar-refractivity contribution in [2.45, 2.75) is 19.9 Å². The highest BCUT2D eigenvalue weighted by molar-refractivity contribution is 6.09. The molecule has 13 nitrogen and oxygen atoms in total. The number of pyridine rings is 2. The van der Waals surface area contributed by atoms with Gasteiger partial charge in [-0.2, -0.15) is 0 Å². The van der Waals surface area contributed by atoms with Crippen LogP contribution in [0.5, 0.6) is 0 Å². The maximum atomic E-state index is 12.9. The minimum atomic E-state index is -0.583. The van der Waals surface area contributed by atoms with E-state index < -0.39 is 17.2 Å². The Hall–Kier alpha value is -6.63. The number of benzene rings is 2. The molecular formula is C35H29N7O6. The summed E-state index contributed by atoms with van der Waals surface area (Å²) in [7, 11) is 1.26. The molecule has 48 heavy (non-hydrogen) atoms. The second-order valence-corrected chi connectivity index (χ2v) is 10.8. The van der Waals surface area contributed by atoms with Crippen LogP contribution in [-0.4, -0.2) is 53.0 Å². The Morgan fingerprint density at radius 1 is 0.812 bits per heavy atom. The molecule has 0 saturated heterocycles. The molecule has 0 saturated carbocycles. The van der Waals surface area contributed by atoms with Crippen LogP contribution in [0.2, 0.25) is 0 Å². The smallest absolute Gasteiger partial charge is 0.339 e. The number of carbonyl (C=O) groups excluding carboxylic acids is 3. The SMILES string of the molecule is CCCn1c(=O)[nH]c2ccc(C(=O)c3ncc4ccccn34)cc2c1=O.COC(=O)c1cc(C(=O)c2ncc3ccccn23)ccc1N. The summed E-state index contributed by atoms with van der Waals surface area (Å²) in [5.74, 6) is -0.614. The molecule has 0 aliphatic carbocycles. The summed E-state index contributed by atoms with van der Waals surface area (Å²) in [4.78, 5) is 72.9. The number of rotatable bonds is 7. The van der Waals surface area contributed by atoms with Gasteiger partial charge in [-0.25, -0.2) is 19.6 Å². The number of hydrogen-bond acceptors (Lipinski definition) is 9. The van der Waals surface area contributed by atoms with Crippen LogP contribution in [0.4, 0.5) is 5.69 Å². The third-order valence-electron chi connectivity index (χ3n) is 7.70. The number of aromatic nitrogens is 6. The number of anilines is 1. The van der Waals surface area contributed by atoms with Gasteiger partial charge in [0, 0.05) is 35.8 Å². The third-order valence-corrected chi connectivity index (χ3v) is 7.70. The fourth-order valence-corrected chi connectivity index (χ4v) is 5.28. The van der Waals surface area contributed by atoms with Gasteiger partial charge in [-0.1, -0.05) is 19.1 Å². The summed E-state index contributed by atoms with van der Waals surface area (Å²) < 4.78 is 9.21. The highest BCUT2D eigenvalue weighted by atomic mass is 16.5. The van der Waals surface area contributed by atoms with Crippen LogP contribution in [0, 0.1) is 0 Å². The molecule has 5 heterocycles. The number of aromatic amines is 1. The molecule has 0 fully saturated rings. The summed E-state index contributed by atoms with van der Waals surface area (Å²) >= 11 is 0. The van der Waals surface area contributed by atoms with Crippen molar-refractivity contribution in [3.05, 3.63) is 147 Å². The lowest BCUT2D eigenvalue weighted by Crippen LogP contribution is -2.35. The number of H-pyrrole nitrogens is 1. The lowest BCUT2D eigenvalue weighted by atomic mass is 10.0. The van der Waals surface area contributed by atoms with Crippen LogP contribution in [0.3, 0.4) is 0 Å². The lowest BCUT2D eigenvalue weighted by molar-refractivity contribution is 0.0601. The van der Waals surface area contributed by atoms with Gasteiger partial charge in [0.25, 0.3) is 5.56 Å². The number of nitrogens with one attached hydrogen (secondary N) is 1. The summed E-state index contributed by atoms with van der Waals surface area (Å²) in [6.07, 6.45) is 7.43. The predicted molar refractivity (Wildman–Crippen MR) is 179 cm³/mol. The van der Waals surface area contributed by atoms with Crippen molar-refractivity contribution in [1.29, 1.82) is 0 Å². The maximum absolute atomic E-state index is 12.9. The van der Waals surface area contributed by atoms with Crippen molar-refractivity contribution in [2.75, 3.05) is 12.8 Å². The predicted octanol–water partition coefficient (Wildman–Crippen LogP) is 3.91. The van der Waals surface area contributed by atoms with E-state index in [0.717, 1.165) is 15.6 Å². The van der Waals surface area contributed by atoms with Crippen LogP contribution < -0.4 is 17.0 Å². The first-order valence-electron chi connectivity index (χ1n) is 14.9. The van der Waals surface area contributed by atoms with Gasteiger partial charge < -0.3 is 15.5 Å². The number of esters is 1. The van der Waals surface area contributed by atoms with E-state index in [1.807, 2.05) is 43.3 Å². The molecule has 0 atom stereocenters. The van der Waals surface area contributed by atoms with E-state index in [1.54, 1.807) is 51.8 Å². The first-order valence-corrected chi connectivity index (χ1v) is 14.9. The number of ether oxygens (including phenoxy) is 1. The van der Waals surface area contributed by atoms with E-state index in [0.29, 0.717) is 35.0 Å². The van der Waals surface area contributed by atoms with Gasteiger partial charge >= 0.3 is 11.7 Å². The number of hydrogen-bond donors (Lipinski definition) is 2. The first-order chi connectivity index (χ1) is 23.2. The molecule has 0 bridgehead atoms. The molecule has 0 spiro atoms. The van der Waals surface area contributed by atoms with Crippen LogP contribution in [0.15, 0.2) is 107 Å². The van der Waals surface area contributed by atoms with Gasteiger partial charge in [0.1, 0.15) is 0 Å². The number of methoxy groups -OCH3 is 1. The lowest BCUT2D eigenvalue weighted by Gasteiger charge is -2.06. The Balaban J connectivity index is 0.000000170. The summed E-state index contributed by atoms with van der Waals surface area (Å²) in [5.41, 5.74) is 8.04. The van der Waals surface area contributed by atoms with E-state index in [9.17, 15) is 24.0 Å². The van der Waals surface area contributed by atoms with Crippen LogP contribution >= 0.6 is 0 Å². The summed E-state index contributed by atoms with van der Waals surface area (Å²) in [5, 5.41) is 0.310. The van der Waals surface area contributed by atoms with E-state index >= 15 is 0 Å². The number of nitrogens with zero attached hydrogens (tertiary/aromatic N) is 5. The molecule has 0 aliphatic heterocycles. The Labute approximate surface area is 271 Å². The molecule has 0 aliphatic rings. The first kappa shape index (κ1) is 31.4. The molecule has 7 rings (SSSR count). The fraction of sp³-hybridized carbons (Fsp3) is 0.114. The quantitative estimate of drug-likeness (QED) is 0.148. The molecule has 240 valence electrons. The van der Waals surface area contributed by atoms with E-state index in [2.05, 4.69) is 19.7 Å². The van der Waals surface area contributed by atoms with Gasteiger partial charge in [-0.15, -0.1) is 0 Å². The average Bonchev–Trinajstić information content (AvgIpc) is 3.74. The van der Waals surface area contributed by atoms with Gasteiger partial charge in [0.15, 0.2) is 11.6 Å². The standard InChI is InChI=1S/C19H16N4O3.C16H13N3O3/c1-2-8-23-18(25)14-10-12(6-7-15(14)21-19(23)26)16(24)17-20-11-13-5-3-4-9-22(13)17;1-22-16(21)12-8-10(5-6-13(12)17)14(20)15-18-9-11-4-2-3-7-19(11)15/h3-7,9-11H,2,8H2,1H3,(H,21,26);2-9H,17H2,1H3. The largest absolute Gasteiger partial charge is 0.465 e. The molecule has 0 amide bonds. The molecule has 5 aromatic heterocycles. The monoisotopic (exact) mass is 643 g/mol. The van der Waals surface area contributed by atoms with Crippen molar-refractivity contribution in [3.63, 3.8) is 0 Å². The highest BCUT2D eigenvalue weighted by Crippen LogP contribution is 2.19. The number of nitrogen functional groups attached to an aromatic ring is 1. The molecule has 13 heteroatoms. The van der Waals surface area contributed by atoms with Crippen molar-refractivity contribution in [3.8, 4) is 0 Å². The number of ketones is 2. The Morgan fingerprint density at radius 3 is 1.98 bits per heavy atom. The molecule has 0 radical (unpaired) electrons. The van der Waals surface area contributed by atoms with E-state index in [4.69, 9.17) is 5.73 Å². The van der Waals surface area contributed by atoms with Gasteiger partial charge in [-0.3, -0.25) is 27.8 Å². The molecule has 7 aromatic rings. The average molecular weight is 644 g/mol. The van der Waals surface area contributed by atoms with Crippen molar-refractivity contribution < 1.29 is 19.1 Å². The third kappa shape index (κ3) is 5.75. The number of nitrogens with two attached hydrogens (primary N) is 1. The second-order valence-electron chi connectivity index (χ2n) is 10.8. The molecular weight excluding hydrogens is 614 g/mol. The molecule has 3 N–H and O–H groups in total. The minimum absolute atomic E-state index is 0.161. The Morgan fingerprint density at radius 2 is 1.40 bits per heavy atom. The van der Waals surface area contributed by atoms with Crippen molar-refractivity contribution >= 4 is 45.2 Å². The van der Waals surface area contributed by atoms with Gasteiger partial charge in [0.2, 0.25) is 11.6 Å². The maximum Gasteiger partial charge on any atom is 0.339 e. The zero-order valence-electron chi connectivity index (χ0n) is 25.9. The number of fused-ring (bicyclic) bond motifs is 3. The number of imidazole rings is 2. The van der Waals surface area contributed by atoms with Gasteiger partial charge in [-0.05, 0) is 67.1 Å².